The summed E-state index contributed by atoms with van der Waals surface area (Å²) in [7, 11) is 0.410. The van der Waals surface area contributed by atoms with Crippen LogP contribution in [-0.4, -0.2) is 22.2 Å². The van der Waals surface area contributed by atoms with E-state index in [4.69, 9.17) is 9.15 Å². The van der Waals surface area contributed by atoms with Gasteiger partial charge in [-0.05, 0) is 67.9 Å². The van der Waals surface area contributed by atoms with E-state index in [9.17, 15) is 9.00 Å². The van der Waals surface area contributed by atoms with Crippen LogP contribution >= 0.6 is 0 Å². The number of carbonyl (C=O) groups excluding carboxylic acids is 1. The Kier molecular flexibility index (Phi) is 7.23. The Labute approximate surface area is 201 Å². The molecule has 0 radical (unpaired) electrons. The number of oxazole rings is 1. The summed E-state index contributed by atoms with van der Waals surface area (Å²) in [5.74, 6) is 1.97. The van der Waals surface area contributed by atoms with Gasteiger partial charge in [-0.3, -0.25) is 9.00 Å². The third kappa shape index (κ3) is 5.61. The lowest BCUT2D eigenvalue weighted by atomic mass is 10.1. The van der Waals surface area contributed by atoms with Crippen molar-refractivity contribution in [1.29, 1.82) is 0 Å². The van der Waals surface area contributed by atoms with Gasteiger partial charge < -0.3 is 14.5 Å². The number of aromatic nitrogens is 1. The molecule has 0 aliphatic carbocycles. The average Bonchev–Trinajstić information content (AvgIpc) is 3.23. The molecule has 0 aliphatic rings. The van der Waals surface area contributed by atoms with Gasteiger partial charge in [0.05, 0.1) is 29.4 Å². The van der Waals surface area contributed by atoms with Crippen LogP contribution in [0.2, 0.25) is 0 Å². The molecule has 0 aliphatic heterocycles. The number of amides is 1. The highest BCUT2D eigenvalue weighted by atomic mass is 32.2. The molecule has 6 nitrogen and oxygen atoms in total. The predicted octanol–water partition coefficient (Wildman–Crippen LogP) is 5.20. The molecule has 0 unspecified atom stereocenters. The van der Waals surface area contributed by atoms with Crippen LogP contribution in [0.3, 0.4) is 0 Å². The van der Waals surface area contributed by atoms with Crippen LogP contribution < -0.4 is 10.1 Å². The molecule has 4 rings (SSSR count). The maximum absolute atomic E-state index is 12.7. The molecule has 1 atom stereocenters. The largest absolute Gasteiger partial charge is 0.497 e. The van der Waals surface area contributed by atoms with E-state index < -0.39 is 10.8 Å². The highest BCUT2D eigenvalue weighted by Gasteiger charge is 2.16. The monoisotopic (exact) mass is 474 g/mol. The Morgan fingerprint density at radius 2 is 1.65 bits per heavy atom. The molecule has 1 N–H and O–H groups in total. The van der Waals surface area contributed by atoms with E-state index in [-0.39, 0.29) is 11.7 Å². The summed E-state index contributed by atoms with van der Waals surface area (Å²) in [6.07, 6.45) is 0. The van der Waals surface area contributed by atoms with Crippen LogP contribution in [0.25, 0.3) is 11.5 Å². The average molecular weight is 475 g/mol. The smallest absolute Gasteiger partial charge is 0.251 e. The normalized spacial score (nSPS) is 11.7. The molecule has 0 spiro atoms. The summed E-state index contributed by atoms with van der Waals surface area (Å²) in [5.41, 5.74) is 4.06. The number of nitrogens with one attached hydrogen (secondary N) is 1. The lowest BCUT2D eigenvalue weighted by molar-refractivity contribution is 0.0951. The van der Waals surface area contributed by atoms with Crippen LogP contribution in [0.5, 0.6) is 5.75 Å². The van der Waals surface area contributed by atoms with E-state index in [1.54, 1.807) is 31.4 Å². The second-order valence-electron chi connectivity index (χ2n) is 7.93. The Balaban J connectivity index is 1.39. The van der Waals surface area contributed by atoms with Crippen LogP contribution in [0.1, 0.15) is 32.9 Å². The van der Waals surface area contributed by atoms with Crippen molar-refractivity contribution in [2.24, 2.45) is 0 Å². The fourth-order valence-electron chi connectivity index (χ4n) is 3.37. The third-order valence-corrected chi connectivity index (χ3v) is 6.78. The van der Waals surface area contributed by atoms with Crippen molar-refractivity contribution in [3.05, 3.63) is 101 Å². The molecule has 174 valence electrons. The maximum atomic E-state index is 12.7. The highest BCUT2D eigenvalue weighted by Crippen LogP contribution is 2.24. The van der Waals surface area contributed by atoms with Gasteiger partial charge in [0, 0.05) is 22.6 Å². The lowest BCUT2D eigenvalue weighted by Gasteiger charge is -2.07. The van der Waals surface area contributed by atoms with Gasteiger partial charge in [0.2, 0.25) is 5.89 Å². The molecule has 3 aromatic carbocycles. The van der Waals surface area contributed by atoms with E-state index >= 15 is 0 Å². The van der Waals surface area contributed by atoms with E-state index in [1.807, 2.05) is 62.4 Å². The quantitative estimate of drug-likeness (QED) is 0.379. The van der Waals surface area contributed by atoms with Crippen molar-refractivity contribution in [3.8, 4) is 17.2 Å². The molecular formula is C27H26N2O4S. The number of aryl methyl sites for hydroxylation is 2. The van der Waals surface area contributed by atoms with Crippen LogP contribution in [0.15, 0.2) is 82.1 Å². The second-order valence-corrected chi connectivity index (χ2v) is 9.38. The minimum absolute atomic E-state index is 0.167. The molecule has 1 heterocycles. The van der Waals surface area contributed by atoms with Gasteiger partial charge >= 0.3 is 0 Å². The number of benzene rings is 3. The summed E-state index contributed by atoms with van der Waals surface area (Å²) in [6.45, 7) is 4.24. The van der Waals surface area contributed by atoms with Crippen molar-refractivity contribution in [1.82, 2.24) is 10.3 Å². The standard InChI is InChI=1S/C27H26N2O4S/c1-18-4-14-24(15-5-18)34(31)17-25-19(2)33-27(29-25)22-10-8-21(9-11-22)26(30)28-16-20-6-12-23(32-3)13-7-20/h4-15H,16-17H2,1-3H3,(H,28,30)/t34-/m1/s1. The van der Waals surface area contributed by atoms with Crippen LogP contribution in [0, 0.1) is 13.8 Å². The van der Waals surface area contributed by atoms with E-state index in [0.29, 0.717) is 29.5 Å². The summed E-state index contributed by atoms with van der Waals surface area (Å²) in [6, 6.07) is 22.3. The van der Waals surface area contributed by atoms with Gasteiger partial charge in [-0.1, -0.05) is 29.8 Å². The highest BCUT2D eigenvalue weighted by molar-refractivity contribution is 7.84. The number of methoxy groups -OCH3 is 1. The molecule has 0 fully saturated rings. The first kappa shape index (κ1) is 23.4. The minimum Gasteiger partial charge on any atom is -0.497 e. The van der Waals surface area contributed by atoms with E-state index in [0.717, 1.165) is 27.3 Å². The first-order valence-electron chi connectivity index (χ1n) is 10.9. The van der Waals surface area contributed by atoms with Crippen LogP contribution in [-0.2, 0) is 23.1 Å². The molecule has 4 aromatic rings. The first-order chi connectivity index (χ1) is 16.4. The number of nitrogens with zero attached hydrogens (tertiary/aromatic N) is 1. The predicted molar refractivity (Wildman–Crippen MR) is 132 cm³/mol. The summed E-state index contributed by atoms with van der Waals surface area (Å²) in [5, 5.41) is 2.91. The zero-order valence-electron chi connectivity index (χ0n) is 19.3. The van der Waals surface area contributed by atoms with Crippen LogP contribution in [0.4, 0.5) is 0 Å². The van der Waals surface area contributed by atoms with Crippen molar-refractivity contribution >= 4 is 16.7 Å². The molecule has 0 bridgehead atoms. The van der Waals surface area contributed by atoms with Gasteiger partial charge in [-0.15, -0.1) is 0 Å². The Morgan fingerprint density at radius 1 is 0.971 bits per heavy atom. The fourth-order valence-corrected chi connectivity index (χ4v) is 4.50. The van der Waals surface area contributed by atoms with E-state index in [2.05, 4.69) is 10.3 Å². The van der Waals surface area contributed by atoms with Gasteiger partial charge in [-0.25, -0.2) is 4.98 Å². The summed E-state index contributed by atoms with van der Waals surface area (Å²) in [4.78, 5) is 17.8. The maximum Gasteiger partial charge on any atom is 0.251 e. The molecule has 7 heteroatoms. The Hall–Kier alpha value is -3.71. The van der Waals surface area contributed by atoms with Gasteiger partial charge in [0.25, 0.3) is 5.91 Å². The third-order valence-electron chi connectivity index (χ3n) is 5.45. The number of rotatable bonds is 8. The van der Waals surface area contributed by atoms with Crippen molar-refractivity contribution < 1.29 is 18.2 Å². The molecular weight excluding hydrogens is 448 g/mol. The topological polar surface area (TPSA) is 81.4 Å². The molecule has 1 amide bonds. The minimum atomic E-state index is -1.21. The zero-order valence-corrected chi connectivity index (χ0v) is 20.1. The Morgan fingerprint density at radius 3 is 2.29 bits per heavy atom. The number of ether oxygens (including phenoxy) is 1. The fraction of sp³-hybridized carbons (Fsp3) is 0.185. The van der Waals surface area contributed by atoms with Crippen molar-refractivity contribution in [2.75, 3.05) is 7.11 Å². The van der Waals surface area contributed by atoms with Crippen molar-refractivity contribution in [3.63, 3.8) is 0 Å². The zero-order chi connectivity index (χ0) is 24.1. The van der Waals surface area contributed by atoms with Crippen molar-refractivity contribution in [2.45, 2.75) is 31.0 Å². The summed E-state index contributed by atoms with van der Waals surface area (Å²) < 4.78 is 23.7. The number of hydrogen-bond donors (Lipinski definition) is 1. The molecule has 0 saturated heterocycles. The lowest BCUT2D eigenvalue weighted by Crippen LogP contribution is -2.22. The number of carbonyl (C=O) groups is 1. The van der Waals surface area contributed by atoms with Gasteiger partial charge in [0.15, 0.2) is 0 Å². The van der Waals surface area contributed by atoms with Gasteiger partial charge in [-0.2, -0.15) is 0 Å². The Bertz CT molecular complexity index is 1290. The van der Waals surface area contributed by atoms with Gasteiger partial charge in [0.1, 0.15) is 11.5 Å². The first-order valence-corrected chi connectivity index (χ1v) is 12.2. The second kappa shape index (κ2) is 10.5. The van der Waals surface area contributed by atoms with E-state index in [1.165, 1.54) is 0 Å². The molecule has 0 saturated carbocycles. The molecule has 1 aromatic heterocycles. The molecule has 34 heavy (non-hydrogen) atoms. The SMILES string of the molecule is COc1ccc(CNC(=O)c2ccc(-c3nc(C[S@@](=O)c4ccc(C)cc4)c(C)o3)cc2)cc1. The number of hydrogen-bond acceptors (Lipinski definition) is 5. The summed E-state index contributed by atoms with van der Waals surface area (Å²) >= 11 is 0.